The molecule has 116 valence electrons. The lowest BCUT2D eigenvalue weighted by Gasteiger charge is -2.34. The molecular formula is C13H16FNO3S3. The number of benzene rings is 1. The Morgan fingerprint density at radius 1 is 1.52 bits per heavy atom. The normalized spacial score (nSPS) is 19.6. The van der Waals surface area contributed by atoms with Crippen molar-refractivity contribution in [1.82, 2.24) is 4.90 Å². The molecule has 8 heteroatoms. The van der Waals surface area contributed by atoms with Crippen molar-refractivity contribution in [2.24, 2.45) is 0 Å². The van der Waals surface area contributed by atoms with E-state index in [2.05, 4.69) is 12.6 Å². The first kappa shape index (κ1) is 16.6. The number of thioether (sulfide) groups is 1. The quantitative estimate of drug-likeness (QED) is 0.849. The largest absolute Gasteiger partial charge is 0.320 e. The molecule has 1 aliphatic rings. The van der Waals surface area contributed by atoms with Gasteiger partial charge in [0, 0.05) is 28.7 Å². The lowest BCUT2D eigenvalue weighted by atomic mass is 10.2. The molecule has 1 aromatic rings. The topological polar surface area (TPSA) is 54.5 Å². The molecule has 1 fully saturated rings. The molecule has 0 spiro atoms. The molecular weight excluding hydrogens is 333 g/mol. The fourth-order valence-corrected chi connectivity index (χ4v) is 5.30. The van der Waals surface area contributed by atoms with E-state index in [0.29, 0.717) is 22.9 Å². The van der Waals surface area contributed by atoms with E-state index in [1.165, 1.54) is 28.8 Å². The van der Waals surface area contributed by atoms with E-state index in [4.69, 9.17) is 0 Å². The highest BCUT2D eigenvalue weighted by atomic mass is 32.2. The Labute approximate surface area is 133 Å². The van der Waals surface area contributed by atoms with Crippen LogP contribution in [0.15, 0.2) is 23.1 Å². The number of hydrogen-bond acceptors (Lipinski definition) is 5. The smallest absolute Gasteiger partial charge is 0.257 e. The van der Waals surface area contributed by atoms with Crippen LogP contribution in [0.2, 0.25) is 0 Å². The maximum atomic E-state index is 13.8. The van der Waals surface area contributed by atoms with E-state index >= 15 is 0 Å². The van der Waals surface area contributed by atoms with Gasteiger partial charge in [-0.2, -0.15) is 11.8 Å². The van der Waals surface area contributed by atoms with Crippen molar-refractivity contribution in [2.45, 2.75) is 17.2 Å². The molecule has 1 saturated heterocycles. The zero-order valence-corrected chi connectivity index (χ0v) is 14.0. The SMILES string of the molecule is CCS(=O)(=O)C1CSCCN1C(=O)c1cc(S)ccc1F. The second-order valence-electron chi connectivity index (χ2n) is 4.64. The van der Waals surface area contributed by atoms with Crippen molar-refractivity contribution < 1.29 is 17.6 Å². The summed E-state index contributed by atoms with van der Waals surface area (Å²) < 4.78 is 38.1. The highest BCUT2D eigenvalue weighted by Gasteiger charge is 2.36. The fourth-order valence-electron chi connectivity index (χ4n) is 2.14. The summed E-state index contributed by atoms with van der Waals surface area (Å²) in [5.74, 6) is -0.334. The third-order valence-corrected chi connectivity index (χ3v) is 6.91. The monoisotopic (exact) mass is 349 g/mol. The first-order valence-electron chi connectivity index (χ1n) is 6.45. The van der Waals surface area contributed by atoms with E-state index in [0.717, 1.165) is 6.07 Å². The van der Waals surface area contributed by atoms with Gasteiger partial charge in [-0.3, -0.25) is 4.79 Å². The predicted octanol–water partition coefficient (Wildman–Crippen LogP) is 2.06. The molecule has 0 aromatic heterocycles. The van der Waals surface area contributed by atoms with E-state index < -0.39 is 26.9 Å². The Balaban J connectivity index is 2.37. The Kier molecular flexibility index (Phi) is 5.21. The Morgan fingerprint density at radius 3 is 2.90 bits per heavy atom. The van der Waals surface area contributed by atoms with Crippen LogP contribution in [-0.2, 0) is 9.84 Å². The van der Waals surface area contributed by atoms with Crippen LogP contribution in [0, 0.1) is 5.82 Å². The Bertz CT molecular complexity index is 648. The summed E-state index contributed by atoms with van der Waals surface area (Å²) in [5.41, 5.74) is -0.134. The van der Waals surface area contributed by atoms with Crippen LogP contribution in [0.1, 0.15) is 17.3 Å². The summed E-state index contributed by atoms with van der Waals surface area (Å²) in [6.07, 6.45) is 0. The number of thiol groups is 1. The van der Waals surface area contributed by atoms with Crippen LogP contribution >= 0.6 is 24.4 Å². The number of carbonyl (C=O) groups excluding carboxylic acids is 1. The van der Waals surface area contributed by atoms with Crippen molar-refractivity contribution in [3.63, 3.8) is 0 Å². The van der Waals surface area contributed by atoms with Crippen LogP contribution in [-0.4, -0.2) is 48.4 Å². The third-order valence-electron chi connectivity index (χ3n) is 3.34. The van der Waals surface area contributed by atoms with Gasteiger partial charge in [-0.25, -0.2) is 12.8 Å². The summed E-state index contributed by atoms with van der Waals surface area (Å²) in [6, 6.07) is 3.94. The van der Waals surface area contributed by atoms with Crippen LogP contribution in [0.25, 0.3) is 0 Å². The predicted molar refractivity (Wildman–Crippen MR) is 85.3 cm³/mol. The van der Waals surface area contributed by atoms with Gasteiger partial charge >= 0.3 is 0 Å². The second-order valence-corrected chi connectivity index (χ2v) is 8.76. The van der Waals surface area contributed by atoms with Gasteiger partial charge in [0.05, 0.1) is 5.56 Å². The van der Waals surface area contributed by atoms with Crippen molar-refractivity contribution in [3.05, 3.63) is 29.6 Å². The lowest BCUT2D eigenvalue weighted by Crippen LogP contribution is -2.50. The Hall–Kier alpha value is -0.730. The highest BCUT2D eigenvalue weighted by Crippen LogP contribution is 2.25. The fraction of sp³-hybridized carbons (Fsp3) is 0.462. The summed E-state index contributed by atoms with van der Waals surface area (Å²) in [6.45, 7) is 1.84. The number of carbonyl (C=O) groups is 1. The van der Waals surface area contributed by atoms with E-state index in [-0.39, 0.29) is 11.3 Å². The maximum absolute atomic E-state index is 13.8. The number of nitrogens with zero attached hydrogens (tertiary/aromatic N) is 1. The number of hydrogen-bond donors (Lipinski definition) is 1. The minimum Gasteiger partial charge on any atom is -0.320 e. The molecule has 0 saturated carbocycles. The molecule has 1 heterocycles. The van der Waals surface area contributed by atoms with Gasteiger partial charge in [-0.1, -0.05) is 6.92 Å². The minimum atomic E-state index is -3.40. The van der Waals surface area contributed by atoms with Crippen molar-refractivity contribution in [1.29, 1.82) is 0 Å². The maximum Gasteiger partial charge on any atom is 0.257 e. The molecule has 1 aliphatic heterocycles. The van der Waals surface area contributed by atoms with Crippen LogP contribution in [0.5, 0.6) is 0 Å². The summed E-state index contributed by atoms with van der Waals surface area (Å²) in [7, 11) is -3.40. The highest BCUT2D eigenvalue weighted by molar-refractivity contribution is 8.01. The van der Waals surface area contributed by atoms with Gasteiger partial charge in [0.2, 0.25) is 0 Å². The van der Waals surface area contributed by atoms with Crippen molar-refractivity contribution in [2.75, 3.05) is 23.8 Å². The molecule has 1 unspecified atom stereocenters. The first-order chi connectivity index (χ1) is 9.86. The van der Waals surface area contributed by atoms with Gasteiger partial charge < -0.3 is 4.90 Å². The molecule has 21 heavy (non-hydrogen) atoms. The van der Waals surface area contributed by atoms with Crippen molar-refractivity contribution >= 4 is 40.1 Å². The number of amides is 1. The van der Waals surface area contributed by atoms with E-state index in [9.17, 15) is 17.6 Å². The van der Waals surface area contributed by atoms with Gasteiger partial charge in [0.15, 0.2) is 9.84 Å². The number of sulfone groups is 1. The molecule has 0 bridgehead atoms. The van der Waals surface area contributed by atoms with Crippen molar-refractivity contribution in [3.8, 4) is 0 Å². The van der Waals surface area contributed by atoms with Crippen LogP contribution in [0.3, 0.4) is 0 Å². The molecule has 0 N–H and O–H groups in total. The Morgan fingerprint density at radius 2 is 2.24 bits per heavy atom. The minimum absolute atomic E-state index is 0.0445. The zero-order chi connectivity index (χ0) is 15.6. The van der Waals surface area contributed by atoms with E-state index in [1.807, 2.05) is 0 Å². The van der Waals surface area contributed by atoms with Gasteiger partial charge in [-0.05, 0) is 18.2 Å². The molecule has 0 radical (unpaired) electrons. The standard InChI is InChI=1S/C13H16FNO3S3/c1-2-21(17,18)12-8-20-6-5-15(12)13(16)10-7-9(19)3-4-11(10)14/h3-4,7,12,19H,2,5-6,8H2,1H3. The number of halogens is 1. The molecule has 1 amide bonds. The molecule has 4 nitrogen and oxygen atoms in total. The zero-order valence-electron chi connectivity index (χ0n) is 11.5. The van der Waals surface area contributed by atoms with E-state index in [1.54, 1.807) is 6.92 Å². The van der Waals surface area contributed by atoms with Crippen LogP contribution in [0.4, 0.5) is 4.39 Å². The summed E-state index contributed by atoms with van der Waals surface area (Å²) >= 11 is 5.59. The van der Waals surface area contributed by atoms with Gasteiger partial charge in [0.1, 0.15) is 11.2 Å². The molecule has 2 rings (SSSR count). The first-order valence-corrected chi connectivity index (χ1v) is 9.77. The molecule has 1 atom stereocenters. The average molecular weight is 349 g/mol. The number of rotatable bonds is 3. The second kappa shape index (κ2) is 6.58. The molecule has 0 aliphatic carbocycles. The van der Waals surface area contributed by atoms with Gasteiger partial charge in [0.25, 0.3) is 5.91 Å². The van der Waals surface area contributed by atoms with Gasteiger partial charge in [-0.15, -0.1) is 12.6 Å². The summed E-state index contributed by atoms with van der Waals surface area (Å²) in [4.78, 5) is 14.2. The lowest BCUT2D eigenvalue weighted by molar-refractivity contribution is 0.0744. The summed E-state index contributed by atoms with van der Waals surface area (Å²) in [5, 5.41) is -0.892. The van der Waals surface area contributed by atoms with Crippen LogP contribution < -0.4 is 0 Å². The third kappa shape index (κ3) is 3.54. The average Bonchev–Trinajstić information content (AvgIpc) is 2.49. The molecule has 1 aromatic carbocycles.